The molecule has 0 saturated heterocycles. The topological polar surface area (TPSA) is 228 Å². The molecule has 4 atom stereocenters. The Labute approximate surface area is 236 Å². The van der Waals surface area contributed by atoms with Gasteiger partial charge in [-0.05, 0) is 54.2 Å². The second kappa shape index (κ2) is 15.2. The molecule has 13 heteroatoms. The number of hydrogen-bond acceptors (Lipinski definition) is 8. The second-order valence-corrected chi connectivity index (χ2v) is 10.1. The molecule has 0 fully saturated rings. The lowest BCUT2D eigenvalue weighted by atomic mass is 10.0. The van der Waals surface area contributed by atoms with Gasteiger partial charge in [0.05, 0.1) is 12.5 Å². The Balaban J connectivity index is 2.24. The van der Waals surface area contributed by atoms with Crippen LogP contribution in [0.4, 0.5) is 0 Å². The number of nitrogens with one attached hydrogen (secondary N) is 3. The van der Waals surface area contributed by atoms with Crippen LogP contribution in [0, 0.1) is 5.92 Å². The van der Waals surface area contributed by atoms with Gasteiger partial charge in [-0.1, -0.05) is 38.1 Å². The molecule has 2 aromatic rings. The Morgan fingerprint density at radius 1 is 0.683 bits per heavy atom. The molecule has 0 heterocycles. The molecule has 0 aromatic heterocycles. The van der Waals surface area contributed by atoms with Gasteiger partial charge in [-0.2, -0.15) is 0 Å². The van der Waals surface area contributed by atoms with Crippen molar-refractivity contribution in [1.29, 1.82) is 0 Å². The van der Waals surface area contributed by atoms with Crippen molar-refractivity contribution >= 4 is 29.7 Å². The molecule has 41 heavy (non-hydrogen) atoms. The van der Waals surface area contributed by atoms with E-state index in [1.807, 2.05) is 0 Å². The van der Waals surface area contributed by atoms with E-state index >= 15 is 0 Å². The molecule has 0 aliphatic heterocycles. The van der Waals surface area contributed by atoms with Crippen LogP contribution < -0.4 is 21.7 Å². The van der Waals surface area contributed by atoms with Gasteiger partial charge >= 0.3 is 11.9 Å². The standard InChI is InChI=1S/C28H36N4O9/c1-15(2)11-23(28(40)41)32-27(39)22(14-24(35)36)31-26(38)21(13-17-5-9-19(34)10-6-17)30-25(37)20(29)12-16-3-7-18(33)8-4-16/h3-10,15,20-23,33-34H,11-14,29H2,1-2H3,(H,30,37)(H,31,38)(H,32,39)(H,35,36)(H,40,41). The first-order chi connectivity index (χ1) is 19.2. The third-order valence-electron chi connectivity index (χ3n) is 6.07. The first-order valence-electron chi connectivity index (χ1n) is 12.9. The van der Waals surface area contributed by atoms with E-state index in [9.17, 15) is 44.4 Å². The number of rotatable bonds is 15. The molecule has 0 radical (unpaired) electrons. The summed E-state index contributed by atoms with van der Waals surface area (Å²) in [5.41, 5.74) is 7.23. The van der Waals surface area contributed by atoms with Crippen molar-refractivity contribution in [3.8, 4) is 11.5 Å². The summed E-state index contributed by atoms with van der Waals surface area (Å²) in [6, 6.07) is 6.48. The number of hydrogen-bond donors (Lipinski definition) is 8. The van der Waals surface area contributed by atoms with Gasteiger partial charge in [0, 0.05) is 6.42 Å². The molecule has 4 unspecified atom stereocenters. The molecular weight excluding hydrogens is 536 g/mol. The van der Waals surface area contributed by atoms with Crippen LogP contribution in [0.1, 0.15) is 37.8 Å². The Kier molecular flexibility index (Phi) is 12.1. The summed E-state index contributed by atoms with van der Waals surface area (Å²) >= 11 is 0. The van der Waals surface area contributed by atoms with E-state index in [0.717, 1.165) is 0 Å². The van der Waals surface area contributed by atoms with Crippen LogP contribution in [0.5, 0.6) is 11.5 Å². The Morgan fingerprint density at radius 3 is 1.59 bits per heavy atom. The van der Waals surface area contributed by atoms with Crippen molar-refractivity contribution in [2.45, 2.75) is 63.7 Å². The number of phenolic OH excluding ortho intramolecular Hbond substituents is 2. The highest BCUT2D eigenvalue weighted by Crippen LogP contribution is 2.14. The van der Waals surface area contributed by atoms with Crippen LogP contribution in [-0.2, 0) is 36.8 Å². The van der Waals surface area contributed by atoms with E-state index in [0.29, 0.717) is 11.1 Å². The van der Waals surface area contributed by atoms with Crippen molar-refractivity contribution in [3.05, 3.63) is 59.7 Å². The maximum Gasteiger partial charge on any atom is 0.326 e. The van der Waals surface area contributed by atoms with Crippen LogP contribution in [-0.4, -0.2) is 74.3 Å². The summed E-state index contributed by atoms with van der Waals surface area (Å²) in [5.74, 6) is -5.44. The highest BCUT2D eigenvalue weighted by atomic mass is 16.4. The van der Waals surface area contributed by atoms with E-state index in [1.165, 1.54) is 36.4 Å². The van der Waals surface area contributed by atoms with E-state index in [4.69, 9.17) is 5.73 Å². The largest absolute Gasteiger partial charge is 0.508 e. The summed E-state index contributed by atoms with van der Waals surface area (Å²) in [6.45, 7) is 3.50. The maximum absolute atomic E-state index is 13.3. The Hall–Kier alpha value is -4.65. The molecule has 3 amide bonds. The van der Waals surface area contributed by atoms with E-state index in [2.05, 4.69) is 16.0 Å². The number of carbonyl (C=O) groups is 5. The molecule has 2 rings (SSSR count). The van der Waals surface area contributed by atoms with Crippen molar-refractivity contribution < 1.29 is 44.4 Å². The average Bonchev–Trinajstić information content (AvgIpc) is 2.89. The molecule has 2 aromatic carbocycles. The van der Waals surface area contributed by atoms with Crippen LogP contribution in [0.2, 0.25) is 0 Å². The summed E-state index contributed by atoms with van der Waals surface area (Å²) in [4.78, 5) is 62.2. The zero-order chi connectivity index (χ0) is 30.7. The summed E-state index contributed by atoms with van der Waals surface area (Å²) in [5, 5.41) is 44.9. The third kappa shape index (κ3) is 11.2. The normalized spacial score (nSPS) is 13.9. The molecule has 0 saturated carbocycles. The van der Waals surface area contributed by atoms with Crippen LogP contribution in [0.15, 0.2) is 48.5 Å². The van der Waals surface area contributed by atoms with Crippen LogP contribution in [0.3, 0.4) is 0 Å². The molecular formula is C28H36N4O9. The van der Waals surface area contributed by atoms with Gasteiger partial charge in [-0.25, -0.2) is 4.79 Å². The highest BCUT2D eigenvalue weighted by molar-refractivity contribution is 5.95. The average molecular weight is 573 g/mol. The number of aliphatic carboxylic acids is 2. The van der Waals surface area contributed by atoms with Crippen molar-refractivity contribution in [1.82, 2.24) is 16.0 Å². The van der Waals surface area contributed by atoms with E-state index in [1.54, 1.807) is 26.0 Å². The lowest BCUT2D eigenvalue weighted by Crippen LogP contribution is -2.58. The molecule has 0 aliphatic rings. The smallest absolute Gasteiger partial charge is 0.326 e. The first-order valence-corrected chi connectivity index (χ1v) is 12.9. The van der Waals surface area contributed by atoms with E-state index < -0.39 is 60.2 Å². The molecule has 222 valence electrons. The number of carbonyl (C=O) groups excluding carboxylic acids is 3. The summed E-state index contributed by atoms with van der Waals surface area (Å²) < 4.78 is 0. The number of benzene rings is 2. The van der Waals surface area contributed by atoms with Crippen LogP contribution >= 0.6 is 0 Å². The van der Waals surface area contributed by atoms with Gasteiger partial charge in [0.1, 0.15) is 29.6 Å². The van der Waals surface area contributed by atoms with Crippen LogP contribution in [0.25, 0.3) is 0 Å². The monoisotopic (exact) mass is 572 g/mol. The number of phenols is 2. The SMILES string of the molecule is CC(C)CC(NC(=O)C(CC(=O)O)NC(=O)C(Cc1ccc(O)cc1)NC(=O)C(N)Cc1ccc(O)cc1)C(=O)O. The molecule has 0 spiro atoms. The van der Waals surface area contributed by atoms with Gasteiger partial charge in [0.25, 0.3) is 0 Å². The minimum atomic E-state index is -1.64. The fourth-order valence-electron chi connectivity index (χ4n) is 3.96. The quantitative estimate of drug-likeness (QED) is 0.145. The lowest BCUT2D eigenvalue weighted by Gasteiger charge is -2.25. The molecule has 0 aliphatic carbocycles. The summed E-state index contributed by atoms with van der Waals surface area (Å²) in [7, 11) is 0. The third-order valence-corrected chi connectivity index (χ3v) is 6.07. The molecule has 9 N–H and O–H groups in total. The summed E-state index contributed by atoms with van der Waals surface area (Å²) in [6.07, 6.45) is -0.786. The zero-order valence-electron chi connectivity index (χ0n) is 22.7. The number of aromatic hydroxyl groups is 2. The van der Waals surface area contributed by atoms with Gasteiger partial charge < -0.3 is 42.1 Å². The fourth-order valence-corrected chi connectivity index (χ4v) is 3.96. The van der Waals surface area contributed by atoms with Gasteiger partial charge in [-0.15, -0.1) is 0 Å². The van der Waals surface area contributed by atoms with Crippen molar-refractivity contribution in [2.75, 3.05) is 0 Å². The molecule has 13 nitrogen and oxygen atoms in total. The Morgan fingerprint density at radius 2 is 1.12 bits per heavy atom. The van der Waals surface area contributed by atoms with Gasteiger partial charge in [0.15, 0.2) is 0 Å². The minimum absolute atomic E-state index is 0.0257. The predicted octanol–water partition coefficient (Wildman–Crippen LogP) is 0.270. The maximum atomic E-state index is 13.3. The molecule has 0 bridgehead atoms. The predicted molar refractivity (Wildman–Crippen MR) is 147 cm³/mol. The van der Waals surface area contributed by atoms with E-state index in [-0.39, 0.29) is 36.7 Å². The minimum Gasteiger partial charge on any atom is -0.508 e. The highest BCUT2D eigenvalue weighted by Gasteiger charge is 2.32. The zero-order valence-corrected chi connectivity index (χ0v) is 22.7. The van der Waals surface area contributed by atoms with Crippen molar-refractivity contribution in [2.24, 2.45) is 11.7 Å². The second-order valence-electron chi connectivity index (χ2n) is 10.1. The first kappa shape index (κ1) is 32.6. The van der Waals surface area contributed by atoms with Gasteiger partial charge in [0.2, 0.25) is 17.7 Å². The Bertz CT molecular complexity index is 1220. The number of carboxylic acids is 2. The lowest BCUT2D eigenvalue weighted by molar-refractivity contribution is -0.144. The number of amides is 3. The van der Waals surface area contributed by atoms with Crippen molar-refractivity contribution in [3.63, 3.8) is 0 Å². The number of nitrogens with two attached hydrogens (primary N) is 1. The fraction of sp³-hybridized carbons (Fsp3) is 0.393. The van der Waals surface area contributed by atoms with Gasteiger partial charge in [-0.3, -0.25) is 19.2 Å². The number of carboxylic acid groups (broad SMARTS) is 2.